The van der Waals surface area contributed by atoms with Gasteiger partial charge in [0.05, 0.1) is 7.11 Å². The van der Waals surface area contributed by atoms with Crippen molar-refractivity contribution in [2.75, 3.05) is 7.11 Å². The number of aryl methyl sites for hydroxylation is 1. The zero-order valence-electron chi connectivity index (χ0n) is 9.25. The summed E-state index contributed by atoms with van der Waals surface area (Å²) in [6.07, 6.45) is 1.76. The predicted octanol–water partition coefficient (Wildman–Crippen LogP) is 2.50. The zero-order valence-corrected chi connectivity index (χ0v) is 9.25. The molecule has 0 saturated carbocycles. The van der Waals surface area contributed by atoms with Gasteiger partial charge in [0.1, 0.15) is 0 Å². The number of hydrogen-bond acceptors (Lipinski definition) is 2. The van der Waals surface area contributed by atoms with E-state index >= 15 is 0 Å². The maximum atomic E-state index is 10.9. The third-order valence-corrected chi connectivity index (χ3v) is 2.25. The summed E-state index contributed by atoms with van der Waals surface area (Å²) < 4.78 is 4.52. The molecule has 0 aliphatic rings. The van der Waals surface area contributed by atoms with Crippen LogP contribution in [0, 0.1) is 0 Å². The Morgan fingerprint density at radius 2 is 2.00 bits per heavy atom. The van der Waals surface area contributed by atoms with E-state index in [9.17, 15) is 4.79 Å². The first-order chi connectivity index (χ1) is 7.27. The number of amides is 1. The van der Waals surface area contributed by atoms with Crippen molar-refractivity contribution < 1.29 is 9.53 Å². The summed E-state index contributed by atoms with van der Waals surface area (Å²) in [4.78, 5) is 10.9. The summed E-state index contributed by atoms with van der Waals surface area (Å²) >= 11 is 0. The minimum absolute atomic E-state index is 0.388. The van der Waals surface area contributed by atoms with E-state index in [2.05, 4.69) is 23.0 Å². The first-order valence-corrected chi connectivity index (χ1v) is 5.16. The van der Waals surface area contributed by atoms with Crippen LogP contribution in [0.1, 0.15) is 24.5 Å². The first kappa shape index (κ1) is 11.6. The molecule has 1 aromatic rings. The Labute approximate surface area is 90.4 Å². The van der Waals surface area contributed by atoms with Crippen LogP contribution in [0.25, 0.3) is 0 Å². The molecule has 0 radical (unpaired) electrons. The number of rotatable bonds is 4. The lowest BCUT2D eigenvalue weighted by Crippen LogP contribution is -2.22. The van der Waals surface area contributed by atoms with Gasteiger partial charge in [0.25, 0.3) is 0 Å². The molecule has 3 heteroatoms. The van der Waals surface area contributed by atoms with E-state index in [1.165, 1.54) is 12.7 Å². The molecule has 1 amide bonds. The molecule has 0 aliphatic carbocycles. The van der Waals surface area contributed by atoms with E-state index in [4.69, 9.17) is 0 Å². The largest absolute Gasteiger partial charge is 0.453 e. The monoisotopic (exact) mass is 207 g/mol. The van der Waals surface area contributed by atoms with Crippen LogP contribution in [-0.2, 0) is 17.7 Å². The van der Waals surface area contributed by atoms with Crippen LogP contribution in [0.3, 0.4) is 0 Å². The molecule has 0 unspecified atom stereocenters. The van der Waals surface area contributed by atoms with Crippen LogP contribution in [0.15, 0.2) is 24.3 Å². The van der Waals surface area contributed by atoms with Crippen molar-refractivity contribution in [3.63, 3.8) is 0 Å². The molecule has 1 aromatic carbocycles. The molecule has 0 heterocycles. The van der Waals surface area contributed by atoms with Gasteiger partial charge >= 0.3 is 6.09 Å². The average molecular weight is 207 g/mol. The predicted molar refractivity (Wildman–Crippen MR) is 59.7 cm³/mol. The van der Waals surface area contributed by atoms with Gasteiger partial charge in [-0.05, 0) is 17.5 Å². The second kappa shape index (κ2) is 6.06. The molecule has 3 nitrogen and oxygen atoms in total. The van der Waals surface area contributed by atoms with Crippen molar-refractivity contribution in [1.82, 2.24) is 5.32 Å². The molecule has 0 bridgehead atoms. The second-order valence-corrected chi connectivity index (χ2v) is 3.36. The van der Waals surface area contributed by atoms with Gasteiger partial charge in [-0.25, -0.2) is 4.79 Å². The Kier molecular flexibility index (Phi) is 4.68. The summed E-state index contributed by atoms with van der Waals surface area (Å²) in [5, 5.41) is 2.69. The number of hydrogen-bond donors (Lipinski definition) is 1. The smallest absolute Gasteiger partial charge is 0.407 e. The summed E-state index contributed by atoms with van der Waals surface area (Å²) in [5.41, 5.74) is 2.45. The third-order valence-electron chi connectivity index (χ3n) is 2.25. The fourth-order valence-corrected chi connectivity index (χ4v) is 1.48. The molecular weight excluding hydrogens is 190 g/mol. The Balaban J connectivity index is 2.62. The number of ether oxygens (including phenoxy) is 1. The van der Waals surface area contributed by atoms with Gasteiger partial charge in [-0.3, -0.25) is 0 Å². The molecular formula is C12H17NO2. The van der Waals surface area contributed by atoms with Gasteiger partial charge < -0.3 is 10.1 Å². The molecule has 15 heavy (non-hydrogen) atoms. The van der Waals surface area contributed by atoms with Crippen LogP contribution in [0.5, 0.6) is 0 Å². The number of benzene rings is 1. The highest BCUT2D eigenvalue weighted by molar-refractivity contribution is 5.66. The van der Waals surface area contributed by atoms with Crippen molar-refractivity contribution in [2.45, 2.75) is 26.3 Å². The third kappa shape index (κ3) is 3.62. The molecule has 82 valence electrons. The van der Waals surface area contributed by atoms with Crippen LogP contribution in [0.4, 0.5) is 4.79 Å². The van der Waals surface area contributed by atoms with E-state index in [0.717, 1.165) is 18.4 Å². The van der Waals surface area contributed by atoms with Crippen molar-refractivity contribution in [3.8, 4) is 0 Å². The van der Waals surface area contributed by atoms with E-state index in [1.54, 1.807) is 0 Å². The minimum atomic E-state index is -0.388. The summed E-state index contributed by atoms with van der Waals surface area (Å²) in [6.45, 7) is 2.67. The van der Waals surface area contributed by atoms with Crippen LogP contribution >= 0.6 is 0 Å². The van der Waals surface area contributed by atoms with Gasteiger partial charge in [-0.2, -0.15) is 0 Å². The first-order valence-electron chi connectivity index (χ1n) is 5.16. The minimum Gasteiger partial charge on any atom is -0.453 e. The number of methoxy groups -OCH3 is 1. The van der Waals surface area contributed by atoms with Gasteiger partial charge in [-0.15, -0.1) is 0 Å². The fraction of sp³-hybridized carbons (Fsp3) is 0.417. The van der Waals surface area contributed by atoms with Crippen molar-refractivity contribution in [3.05, 3.63) is 35.4 Å². The standard InChI is InChI=1S/C12H17NO2/c1-3-6-10-7-4-5-8-11(10)9-13-12(14)15-2/h4-5,7-8H,3,6,9H2,1-2H3,(H,13,14). The summed E-state index contributed by atoms with van der Waals surface area (Å²) in [7, 11) is 1.37. The zero-order chi connectivity index (χ0) is 11.1. The Bertz CT molecular complexity index is 323. The molecule has 1 rings (SSSR count). The van der Waals surface area contributed by atoms with Gasteiger partial charge in [0, 0.05) is 6.54 Å². The number of carbonyl (C=O) groups excluding carboxylic acids is 1. The van der Waals surface area contributed by atoms with Crippen molar-refractivity contribution in [1.29, 1.82) is 0 Å². The molecule has 1 N–H and O–H groups in total. The SMILES string of the molecule is CCCc1ccccc1CNC(=O)OC. The lowest BCUT2D eigenvalue weighted by molar-refractivity contribution is 0.170. The molecule has 0 aliphatic heterocycles. The van der Waals surface area contributed by atoms with Crippen LogP contribution in [-0.4, -0.2) is 13.2 Å². The molecule has 0 saturated heterocycles. The van der Waals surface area contributed by atoms with E-state index in [-0.39, 0.29) is 6.09 Å². The van der Waals surface area contributed by atoms with E-state index in [0.29, 0.717) is 6.54 Å². The topological polar surface area (TPSA) is 38.3 Å². The quantitative estimate of drug-likeness (QED) is 0.823. The summed E-state index contributed by atoms with van der Waals surface area (Å²) in [6, 6.07) is 8.12. The summed E-state index contributed by atoms with van der Waals surface area (Å²) in [5.74, 6) is 0. The Hall–Kier alpha value is -1.51. The molecule has 0 fully saturated rings. The van der Waals surface area contributed by atoms with E-state index < -0.39 is 0 Å². The normalized spacial score (nSPS) is 9.73. The lowest BCUT2D eigenvalue weighted by atomic mass is 10.0. The van der Waals surface area contributed by atoms with Crippen molar-refractivity contribution in [2.24, 2.45) is 0 Å². The highest BCUT2D eigenvalue weighted by Crippen LogP contribution is 2.10. The van der Waals surface area contributed by atoms with E-state index in [1.807, 2.05) is 18.2 Å². The Morgan fingerprint density at radius 3 is 2.60 bits per heavy atom. The average Bonchev–Trinajstić information content (AvgIpc) is 2.28. The highest BCUT2D eigenvalue weighted by atomic mass is 16.5. The molecule has 0 aromatic heterocycles. The maximum Gasteiger partial charge on any atom is 0.407 e. The number of alkyl carbamates (subject to hydrolysis) is 1. The number of carbonyl (C=O) groups is 1. The van der Waals surface area contributed by atoms with Crippen LogP contribution in [0.2, 0.25) is 0 Å². The van der Waals surface area contributed by atoms with Gasteiger partial charge in [0.15, 0.2) is 0 Å². The lowest BCUT2D eigenvalue weighted by Gasteiger charge is -2.09. The molecule has 0 spiro atoms. The number of nitrogens with one attached hydrogen (secondary N) is 1. The Morgan fingerprint density at radius 1 is 1.33 bits per heavy atom. The van der Waals surface area contributed by atoms with Crippen molar-refractivity contribution >= 4 is 6.09 Å². The fourth-order valence-electron chi connectivity index (χ4n) is 1.48. The molecule has 0 atom stereocenters. The second-order valence-electron chi connectivity index (χ2n) is 3.36. The maximum absolute atomic E-state index is 10.9. The van der Waals surface area contributed by atoms with Crippen LogP contribution < -0.4 is 5.32 Å². The highest BCUT2D eigenvalue weighted by Gasteiger charge is 2.03. The van der Waals surface area contributed by atoms with Gasteiger partial charge in [0.2, 0.25) is 0 Å². The van der Waals surface area contributed by atoms with Gasteiger partial charge in [-0.1, -0.05) is 37.6 Å².